The first-order chi connectivity index (χ1) is 10.9. The zero-order valence-corrected chi connectivity index (χ0v) is 13.3. The Morgan fingerprint density at radius 1 is 1.09 bits per heavy atom. The number of nitrogens with one attached hydrogen (secondary N) is 1. The number of imidazole rings is 1. The SMILES string of the molecule is c1cnc2c(c1)nc(CC1CCCCN1)n2C1CCCCC1. The van der Waals surface area contributed by atoms with Crippen LogP contribution in [0.5, 0.6) is 0 Å². The Labute approximate surface area is 132 Å². The Bertz CT molecular complexity index is 621. The van der Waals surface area contributed by atoms with E-state index in [2.05, 4.69) is 20.9 Å². The predicted molar refractivity (Wildman–Crippen MR) is 89.0 cm³/mol. The summed E-state index contributed by atoms with van der Waals surface area (Å²) in [4.78, 5) is 9.59. The lowest BCUT2D eigenvalue weighted by molar-refractivity contribution is 0.338. The Balaban J connectivity index is 1.68. The number of aromatic nitrogens is 3. The molecule has 0 radical (unpaired) electrons. The van der Waals surface area contributed by atoms with Gasteiger partial charge < -0.3 is 9.88 Å². The quantitative estimate of drug-likeness (QED) is 0.941. The fraction of sp³-hybridized carbons (Fsp3) is 0.667. The molecule has 0 amide bonds. The lowest BCUT2D eigenvalue weighted by Crippen LogP contribution is -2.36. The van der Waals surface area contributed by atoms with Gasteiger partial charge in [0.15, 0.2) is 5.65 Å². The fourth-order valence-electron chi connectivity index (χ4n) is 4.16. The standard InChI is InChI=1S/C18H26N4/c1-2-8-15(9-3-1)22-17(13-14-7-4-5-11-19-14)21-16-10-6-12-20-18(16)22/h6,10,12,14-15,19H,1-5,7-9,11,13H2. The fourth-order valence-corrected chi connectivity index (χ4v) is 4.16. The van der Waals surface area contributed by atoms with Crippen molar-refractivity contribution in [3.8, 4) is 0 Å². The van der Waals surface area contributed by atoms with Crippen LogP contribution in [0.2, 0.25) is 0 Å². The van der Waals surface area contributed by atoms with Crippen LogP contribution in [0.25, 0.3) is 11.2 Å². The first kappa shape index (κ1) is 14.2. The maximum Gasteiger partial charge on any atom is 0.160 e. The zero-order chi connectivity index (χ0) is 14.8. The summed E-state index contributed by atoms with van der Waals surface area (Å²) < 4.78 is 2.48. The van der Waals surface area contributed by atoms with E-state index in [1.807, 2.05) is 12.3 Å². The number of fused-ring (bicyclic) bond motifs is 1. The summed E-state index contributed by atoms with van der Waals surface area (Å²) in [6.45, 7) is 1.16. The van der Waals surface area contributed by atoms with E-state index in [9.17, 15) is 0 Å². The summed E-state index contributed by atoms with van der Waals surface area (Å²) in [5.41, 5.74) is 2.17. The van der Waals surface area contributed by atoms with Gasteiger partial charge >= 0.3 is 0 Å². The lowest BCUT2D eigenvalue weighted by Gasteiger charge is -2.27. The second-order valence-corrected chi connectivity index (χ2v) is 6.89. The van der Waals surface area contributed by atoms with E-state index in [1.54, 1.807) is 0 Å². The molecule has 2 fully saturated rings. The van der Waals surface area contributed by atoms with E-state index < -0.39 is 0 Å². The van der Waals surface area contributed by atoms with Crippen molar-refractivity contribution in [2.24, 2.45) is 0 Å². The molecular weight excluding hydrogens is 272 g/mol. The summed E-state index contributed by atoms with van der Waals surface area (Å²) in [6.07, 6.45) is 13.5. The van der Waals surface area contributed by atoms with Crippen molar-refractivity contribution >= 4 is 11.2 Å². The van der Waals surface area contributed by atoms with Crippen LogP contribution < -0.4 is 5.32 Å². The van der Waals surface area contributed by atoms with Crippen LogP contribution in [0.4, 0.5) is 0 Å². The molecule has 2 aromatic heterocycles. The van der Waals surface area contributed by atoms with Crippen LogP contribution in [-0.4, -0.2) is 27.1 Å². The van der Waals surface area contributed by atoms with E-state index in [0.717, 1.165) is 24.1 Å². The minimum absolute atomic E-state index is 0.591. The first-order valence-corrected chi connectivity index (χ1v) is 8.97. The second kappa shape index (κ2) is 6.37. The van der Waals surface area contributed by atoms with E-state index in [4.69, 9.17) is 4.98 Å². The molecule has 1 saturated heterocycles. The highest BCUT2D eigenvalue weighted by atomic mass is 15.2. The highest BCUT2D eigenvalue weighted by Crippen LogP contribution is 2.32. The molecule has 1 unspecified atom stereocenters. The van der Waals surface area contributed by atoms with Crippen LogP contribution in [0.1, 0.15) is 63.2 Å². The molecule has 3 heterocycles. The Morgan fingerprint density at radius 3 is 2.77 bits per heavy atom. The zero-order valence-electron chi connectivity index (χ0n) is 13.3. The molecule has 1 aliphatic heterocycles. The normalized spacial score (nSPS) is 23.9. The van der Waals surface area contributed by atoms with Gasteiger partial charge in [-0.15, -0.1) is 0 Å². The van der Waals surface area contributed by atoms with Gasteiger partial charge in [-0.2, -0.15) is 0 Å². The molecule has 2 aliphatic rings. The number of hydrogen-bond acceptors (Lipinski definition) is 3. The highest BCUT2D eigenvalue weighted by molar-refractivity contribution is 5.71. The molecule has 1 aliphatic carbocycles. The van der Waals surface area contributed by atoms with Gasteiger partial charge in [0.2, 0.25) is 0 Å². The van der Waals surface area contributed by atoms with Crippen LogP contribution in [0.15, 0.2) is 18.3 Å². The predicted octanol–water partition coefficient (Wildman–Crippen LogP) is 3.62. The summed E-state index contributed by atoms with van der Waals surface area (Å²) in [7, 11) is 0. The number of hydrogen-bond donors (Lipinski definition) is 1. The maximum absolute atomic E-state index is 4.94. The summed E-state index contributed by atoms with van der Waals surface area (Å²) >= 11 is 0. The molecule has 0 spiro atoms. The number of rotatable bonds is 3. The van der Waals surface area contributed by atoms with Crippen molar-refractivity contribution in [3.63, 3.8) is 0 Å². The van der Waals surface area contributed by atoms with E-state index in [1.165, 1.54) is 57.2 Å². The molecule has 1 N–H and O–H groups in total. The molecular formula is C18H26N4. The van der Waals surface area contributed by atoms with Gasteiger partial charge in [0.05, 0.1) is 0 Å². The number of pyridine rings is 1. The van der Waals surface area contributed by atoms with Gasteiger partial charge in [0.1, 0.15) is 11.3 Å². The lowest BCUT2D eigenvalue weighted by atomic mass is 9.94. The van der Waals surface area contributed by atoms with E-state index in [-0.39, 0.29) is 0 Å². The number of piperidine rings is 1. The third-order valence-electron chi connectivity index (χ3n) is 5.30. The van der Waals surface area contributed by atoms with Gasteiger partial charge in [-0.05, 0) is 44.4 Å². The van der Waals surface area contributed by atoms with Crippen molar-refractivity contribution in [1.82, 2.24) is 19.9 Å². The molecule has 4 heteroatoms. The van der Waals surface area contributed by atoms with Crippen molar-refractivity contribution < 1.29 is 0 Å². The van der Waals surface area contributed by atoms with Crippen LogP contribution in [0, 0.1) is 0 Å². The third-order valence-corrected chi connectivity index (χ3v) is 5.30. The van der Waals surface area contributed by atoms with Gasteiger partial charge in [0, 0.05) is 24.7 Å². The molecule has 4 rings (SSSR count). The van der Waals surface area contributed by atoms with Crippen LogP contribution >= 0.6 is 0 Å². The Kier molecular flexibility index (Phi) is 4.11. The minimum atomic E-state index is 0.591. The van der Waals surface area contributed by atoms with Gasteiger partial charge in [-0.1, -0.05) is 25.7 Å². The molecule has 118 valence electrons. The van der Waals surface area contributed by atoms with Crippen LogP contribution in [-0.2, 0) is 6.42 Å². The monoisotopic (exact) mass is 298 g/mol. The van der Waals surface area contributed by atoms with Gasteiger partial charge in [-0.25, -0.2) is 9.97 Å². The van der Waals surface area contributed by atoms with Crippen LogP contribution in [0.3, 0.4) is 0 Å². The Morgan fingerprint density at radius 2 is 1.95 bits per heavy atom. The van der Waals surface area contributed by atoms with Crippen molar-refractivity contribution in [2.45, 2.75) is 69.9 Å². The average molecular weight is 298 g/mol. The van der Waals surface area contributed by atoms with Gasteiger partial charge in [0.25, 0.3) is 0 Å². The third kappa shape index (κ3) is 2.76. The van der Waals surface area contributed by atoms with Gasteiger partial charge in [-0.3, -0.25) is 0 Å². The van der Waals surface area contributed by atoms with Crippen molar-refractivity contribution in [3.05, 3.63) is 24.2 Å². The average Bonchev–Trinajstić information content (AvgIpc) is 2.94. The van der Waals surface area contributed by atoms with Crippen molar-refractivity contribution in [1.29, 1.82) is 0 Å². The van der Waals surface area contributed by atoms with E-state index in [0.29, 0.717) is 12.1 Å². The summed E-state index contributed by atoms with van der Waals surface area (Å²) in [6, 6.07) is 5.31. The largest absolute Gasteiger partial charge is 0.314 e. The molecule has 0 bridgehead atoms. The number of nitrogens with zero attached hydrogens (tertiary/aromatic N) is 3. The topological polar surface area (TPSA) is 42.7 Å². The first-order valence-electron chi connectivity index (χ1n) is 8.97. The molecule has 22 heavy (non-hydrogen) atoms. The smallest absolute Gasteiger partial charge is 0.160 e. The van der Waals surface area contributed by atoms with E-state index >= 15 is 0 Å². The molecule has 0 aromatic carbocycles. The second-order valence-electron chi connectivity index (χ2n) is 6.89. The molecule has 1 saturated carbocycles. The van der Waals surface area contributed by atoms with Crippen molar-refractivity contribution in [2.75, 3.05) is 6.54 Å². The Hall–Kier alpha value is -1.42. The maximum atomic E-state index is 4.94. The summed E-state index contributed by atoms with van der Waals surface area (Å²) in [5.74, 6) is 1.25. The molecule has 4 nitrogen and oxygen atoms in total. The minimum Gasteiger partial charge on any atom is -0.314 e. The summed E-state index contributed by atoms with van der Waals surface area (Å²) in [5, 5.41) is 3.67. The molecule has 2 aromatic rings. The molecule has 1 atom stereocenters. The highest BCUT2D eigenvalue weighted by Gasteiger charge is 2.24.